The summed E-state index contributed by atoms with van der Waals surface area (Å²) < 4.78 is 10.7. The third kappa shape index (κ3) is 4.82. The van der Waals surface area contributed by atoms with Crippen molar-refractivity contribution in [3.05, 3.63) is 45.3 Å². The molecule has 27 heavy (non-hydrogen) atoms. The first-order valence-electron chi connectivity index (χ1n) is 8.97. The molecule has 1 aliphatic carbocycles. The first kappa shape index (κ1) is 19.7. The zero-order valence-corrected chi connectivity index (χ0v) is 16.9. The van der Waals surface area contributed by atoms with E-state index < -0.39 is 0 Å². The maximum Gasteiger partial charge on any atom is 0.341 e. The Bertz CT molecular complexity index is 831. The minimum absolute atomic E-state index is 0.150. The van der Waals surface area contributed by atoms with E-state index in [2.05, 4.69) is 12.2 Å². The summed E-state index contributed by atoms with van der Waals surface area (Å²) in [6, 6.07) is 6.79. The number of benzene rings is 1. The average Bonchev–Trinajstić information content (AvgIpc) is 2.98. The lowest BCUT2D eigenvalue weighted by Crippen LogP contribution is -2.21. The topological polar surface area (TPSA) is 64.6 Å². The van der Waals surface area contributed by atoms with Crippen molar-refractivity contribution in [2.75, 3.05) is 18.5 Å². The van der Waals surface area contributed by atoms with E-state index in [-0.39, 0.29) is 18.5 Å². The van der Waals surface area contributed by atoms with Crippen molar-refractivity contribution in [1.82, 2.24) is 0 Å². The van der Waals surface area contributed by atoms with Crippen molar-refractivity contribution in [3.8, 4) is 5.75 Å². The third-order valence-corrected chi connectivity index (χ3v) is 5.85. The number of rotatable bonds is 6. The number of hydrogen-bond acceptors (Lipinski definition) is 5. The highest BCUT2D eigenvalue weighted by Gasteiger charge is 2.29. The number of thiophene rings is 1. The van der Waals surface area contributed by atoms with Crippen molar-refractivity contribution in [2.45, 2.75) is 33.1 Å². The molecule has 1 heterocycles. The summed E-state index contributed by atoms with van der Waals surface area (Å²) in [6.07, 6.45) is 2.78. The van der Waals surface area contributed by atoms with Gasteiger partial charge in [-0.2, -0.15) is 0 Å². The Kier molecular flexibility index (Phi) is 6.39. The van der Waals surface area contributed by atoms with E-state index in [1.54, 1.807) is 31.2 Å². The second-order valence-electron chi connectivity index (χ2n) is 6.57. The van der Waals surface area contributed by atoms with Gasteiger partial charge in [0.1, 0.15) is 10.8 Å². The Morgan fingerprint density at radius 2 is 2.04 bits per heavy atom. The molecule has 1 aromatic carbocycles. The van der Waals surface area contributed by atoms with Crippen LogP contribution in [0.25, 0.3) is 0 Å². The van der Waals surface area contributed by atoms with Gasteiger partial charge in [0.2, 0.25) is 0 Å². The van der Waals surface area contributed by atoms with Gasteiger partial charge in [0.05, 0.1) is 12.2 Å². The van der Waals surface area contributed by atoms with E-state index in [0.29, 0.717) is 33.9 Å². The average molecular weight is 408 g/mol. The Balaban J connectivity index is 1.73. The molecule has 0 bridgehead atoms. The first-order valence-corrected chi connectivity index (χ1v) is 10.2. The Labute approximate surface area is 167 Å². The van der Waals surface area contributed by atoms with Crippen LogP contribution in [0.2, 0.25) is 5.02 Å². The van der Waals surface area contributed by atoms with Crippen LogP contribution in [0.4, 0.5) is 5.00 Å². The molecular formula is C20H22ClNO4S. The molecule has 1 N–H and O–H groups in total. The number of nitrogens with one attached hydrogen (secondary N) is 1. The number of fused-ring (bicyclic) bond motifs is 1. The van der Waals surface area contributed by atoms with Gasteiger partial charge < -0.3 is 14.8 Å². The predicted octanol–water partition coefficient (Wildman–Crippen LogP) is 4.72. The molecule has 5 nitrogen and oxygen atoms in total. The lowest BCUT2D eigenvalue weighted by Gasteiger charge is -2.18. The van der Waals surface area contributed by atoms with E-state index in [0.717, 1.165) is 29.7 Å². The standard InChI is InChI=1S/C20H22ClNO4S/c1-3-25-20(24)18-15-9-4-12(2)10-16(15)27-19(18)22-17(23)11-26-14-7-5-13(21)6-8-14/h5-8,12H,3-4,9-11H2,1-2H3,(H,22,23). The summed E-state index contributed by atoms with van der Waals surface area (Å²) in [5.74, 6) is 0.433. The SMILES string of the molecule is CCOC(=O)c1c(NC(=O)COc2ccc(Cl)cc2)sc2c1CCC(C)C2. The summed E-state index contributed by atoms with van der Waals surface area (Å²) in [6.45, 7) is 4.12. The minimum atomic E-state index is -0.376. The lowest BCUT2D eigenvalue weighted by molar-refractivity contribution is -0.118. The highest BCUT2D eigenvalue weighted by molar-refractivity contribution is 7.17. The maximum atomic E-state index is 12.5. The quantitative estimate of drug-likeness (QED) is 0.703. The summed E-state index contributed by atoms with van der Waals surface area (Å²) in [5.41, 5.74) is 1.52. The molecule has 0 fully saturated rings. The van der Waals surface area contributed by atoms with Crippen LogP contribution < -0.4 is 10.1 Å². The molecule has 1 aromatic heterocycles. The van der Waals surface area contributed by atoms with Gasteiger partial charge in [-0.25, -0.2) is 4.79 Å². The molecule has 0 aliphatic heterocycles. The van der Waals surface area contributed by atoms with Crippen LogP contribution in [-0.2, 0) is 22.4 Å². The summed E-state index contributed by atoms with van der Waals surface area (Å²) in [5, 5.41) is 3.99. The first-order chi connectivity index (χ1) is 13.0. The van der Waals surface area contributed by atoms with Gasteiger partial charge in [0.25, 0.3) is 5.91 Å². The highest BCUT2D eigenvalue weighted by atomic mass is 35.5. The number of anilines is 1. The summed E-state index contributed by atoms with van der Waals surface area (Å²) in [4.78, 5) is 26.0. The number of hydrogen-bond donors (Lipinski definition) is 1. The largest absolute Gasteiger partial charge is 0.484 e. The Hall–Kier alpha value is -2.05. The van der Waals surface area contributed by atoms with Gasteiger partial charge in [-0.05, 0) is 61.9 Å². The van der Waals surface area contributed by atoms with Gasteiger partial charge in [-0.15, -0.1) is 11.3 Å². The number of halogens is 1. The normalized spacial score (nSPS) is 15.7. The van der Waals surface area contributed by atoms with Gasteiger partial charge >= 0.3 is 5.97 Å². The van der Waals surface area contributed by atoms with E-state index in [1.165, 1.54) is 11.3 Å². The van der Waals surface area contributed by atoms with Crippen LogP contribution in [0.1, 0.15) is 41.1 Å². The molecule has 1 aliphatic rings. The Morgan fingerprint density at radius 3 is 2.74 bits per heavy atom. The zero-order chi connectivity index (χ0) is 19.4. The molecule has 1 amide bonds. The van der Waals surface area contributed by atoms with Gasteiger partial charge in [-0.1, -0.05) is 18.5 Å². The molecule has 3 rings (SSSR count). The van der Waals surface area contributed by atoms with E-state index in [1.807, 2.05) is 0 Å². The molecule has 0 saturated heterocycles. The fraction of sp³-hybridized carbons (Fsp3) is 0.400. The van der Waals surface area contributed by atoms with Gasteiger partial charge in [0, 0.05) is 9.90 Å². The molecule has 0 radical (unpaired) electrons. The van der Waals surface area contributed by atoms with E-state index >= 15 is 0 Å². The highest BCUT2D eigenvalue weighted by Crippen LogP contribution is 2.40. The van der Waals surface area contributed by atoms with E-state index in [9.17, 15) is 9.59 Å². The van der Waals surface area contributed by atoms with Crippen molar-refractivity contribution >= 4 is 39.8 Å². The number of carbonyl (C=O) groups is 2. The molecule has 1 atom stereocenters. The van der Waals surface area contributed by atoms with Crippen molar-refractivity contribution < 1.29 is 19.1 Å². The third-order valence-electron chi connectivity index (χ3n) is 4.43. The predicted molar refractivity (Wildman–Crippen MR) is 107 cm³/mol. The van der Waals surface area contributed by atoms with E-state index in [4.69, 9.17) is 21.1 Å². The van der Waals surface area contributed by atoms with Gasteiger partial charge in [-0.3, -0.25) is 4.79 Å². The van der Waals surface area contributed by atoms with Crippen LogP contribution in [-0.4, -0.2) is 25.1 Å². The maximum absolute atomic E-state index is 12.5. The zero-order valence-electron chi connectivity index (χ0n) is 15.3. The number of ether oxygens (including phenoxy) is 2. The molecule has 0 spiro atoms. The fourth-order valence-corrected chi connectivity index (χ4v) is 4.64. The molecule has 0 saturated carbocycles. The van der Waals surface area contributed by atoms with Crippen LogP contribution in [0, 0.1) is 5.92 Å². The number of esters is 1. The van der Waals surface area contributed by atoms with Gasteiger partial charge in [0.15, 0.2) is 6.61 Å². The second kappa shape index (κ2) is 8.76. The Morgan fingerprint density at radius 1 is 1.30 bits per heavy atom. The minimum Gasteiger partial charge on any atom is -0.484 e. The second-order valence-corrected chi connectivity index (χ2v) is 8.11. The van der Waals surface area contributed by atoms with Crippen molar-refractivity contribution in [1.29, 1.82) is 0 Å². The van der Waals surface area contributed by atoms with Crippen LogP contribution in [0.5, 0.6) is 5.75 Å². The smallest absolute Gasteiger partial charge is 0.341 e. The van der Waals surface area contributed by atoms with Crippen LogP contribution >= 0.6 is 22.9 Å². The lowest BCUT2D eigenvalue weighted by atomic mass is 9.88. The fourth-order valence-electron chi connectivity index (χ4n) is 3.10. The van der Waals surface area contributed by atoms with Crippen LogP contribution in [0.15, 0.2) is 24.3 Å². The summed E-state index contributed by atoms with van der Waals surface area (Å²) >= 11 is 7.30. The van der Waals surface area contributed by atoms with Crippen LogP contribution in [0.3, 0.4) is 0 Å². The number of amides is 1. The summed E-state index contributed by atoms with van der Waals surface area (Å²) in [7, 11) is 0. The van der Waals surface area contributed by atoms with Crippen molar-refractivity contribution in [2.24, 2.45) is 5.92 Å². The number of carbonyl (C=O) groups excluding carboxylic acids is 2. The van der Waals surface area contributed by atoms with Crippen molar-refractivity contribution in [3.63, 3.8) is 0 Å². The molecule has 7 heteroatoms. The molecular weight excluding hydrogens is 386 g/mol. The monoisotopic (exact) mass is 407 g/mol. The molecule has 144 valence electrons. The molecule has 1 unspecified atom stereocenters. The molecule has 2 aromatic rings.